The number of aliphatic hydroxyl groups excluding tert-OH is 1. The van der Waals surface area contributed by atoms with Crippen LogP contribution >= 0.6 is 0 Å². The normalized spacial score (nSPS) is 18.0. The second-order valence-corrected chi connectivity index (χ2v) is 2.30. The molecule has 4 nitrogen and oxygen atoms in total. The summed E-state index contributed by atoms with van der Waals surface area (Å²) in [5.74, 6) is 0.100. The van der Waals surface area contributed by atoms with Crippen molar-refractivity contribution in [3.05, 3.63) is 0 Å². The molecule has 4 N–H and O–H groups in total. The maximum atomic E-state index is 10.3. The molecule has 0 amide bonds. The average molecular weight is 157 g/mol. The highest BCUT2D eigenvalue weighted by Crippen LogP contribution is 2.05. The molecule has 3 atom stereocenters. The van der Waals surface area contributed by atoms with Gasteiger partial charge in [0.1, 0.15) is 6.04 Å². The van der Waals surface area contributed by atoms with Crippen molar-refractivity contribution < 1.29 is 15.0 Å². The number of nitrogens with two attached hydrogens (primary N) is 1. The number of aliphatic carboxylic acids is 1. The molecule has 0 rings (SSSR count). The minimum Gasteiger partial charge on any atom is -0.480 e. The number of aliphatic hydroxyl groups is 1. The van der Waals surface area contributed by atoms with Gasteiger partial charge in [-0.3, -0.25) is 4.79 Å². The van der Waals surface area contributed by atoms with Crippen LogP contribution in [0.3, 0.4) is 0 Å². The summed E-state index contributed by atoms with van der Waals surface area (Å²) in [6.45, 7) is 1.41. The molecule has 0 aliphatic rings. The van der Waals surface area contributed by atoms with Crippen LogP contribution in [0.4, 0.5) is 0 Å². The van der Waals surface area contributed by atoms with E-state index in [9.17, 15) is 4.79 Å². The maximum Gasteiger partial charge on any atom is 0.321 e. The summed E-state index contributed by atoms with van der Waals surface area (Å²) >= 11 is 0. The van der Waals surface area contributed by atoms with Crippen molar-refractivity contribution in [2.45, 2.75) is 19.1 Å². The number of carbonyl (C=O) groups is 1. The number of carboxylic acid groups (broad SMARTS) is 1. The zero-order valence-electron chi connectivity index (χ0n) is 6.19. The molecule has 0 radical (unpaired) electrons. The fourth-order valence-corrected chi connectivity index (χ4v) is 0.697. The van der Waals surface area contributed by atoms with E-state index in [0.29, 0.717) is 0 Å². The summed E-state index contributed by atoms with van der Waals surface area (Å²) in [5.41, 5.74) is 5.17. The first kappa shape index (κ1) is 9.95. The van der Waals surface area contributed by atoms with Crippen LogP contribution in [0, 0.1) is 18.3 Å². The highest BCUT2D eigenvalue weighted by Gasteiger charge is 2.25. The second kappa shape index (κ2) is 3.96. The van der Waals surface area contributed by atoms with Crippen LogP contribution in [0.15, 0.2) is 0 Å². The van der Waals surface area contributed by atoms with Crippen molar-refractivity contribution in [2.75, 3.05) is 0 Å². The molecule has 0 saturated carbocycles. The number of rotatable bonds is 3. The Hall–Kier alpha value is -1.05. The lowest BCUT2D eigenvalue weighted by molar-refractivity contribution is -0.140. The lowest BCUT2D eigenvalue weighted by Crippen LogP contribution is -2.42. The summed E-state index contributed by atoms with van der Waals surface area (Å²) in [6.07, 6.45) is 4.06. The number of hydrogen-bond acceptors (Lipinski definition) is 3. The average Bonchev–Trinajstić information content (AvgIpc) is 1.88. The van der Waals surface area contributed by atoms with Gasteiger partial charge in [0, 0.05) is 0 Å². The third-order valence-electron chi connectivity index (χ3n) is 1.38. The Balaban J connectivity index is 4.29. The number of hydrogen-bond donors (Lipinski definition) is 3. The molecule has 0 aromatic heterocycles. The quantitative estimate of drug-likeness (QED) is 0.460. The first-order valence-electron chi connectivity index (χ1n) is 3.13. The van der Waals surface area contributed by atoms with Crippen molar-refractivity contribution in [2.24, 2.45) is 11.7 Å². The Labute approximate surface area is 65.0 Å². The summed E-state index contributed by atoms with van der Waals surface area (Å²) < 4.78 is 0. The van der Waals surface area contributed by atoms with Crippen LogP contribution in [0.5, 0.6) is 0 Å². The van der Waals surface area contributed by atoms with E-state index in [2.05, 4.69) is 5.92 Å². The van der Waals surface area contributed by atoms with Crippen molar-refractivity contribution in [1.82, 2.24) is 0 Å². The predicted molar refractivity (Wildman–Crippen MR) is 39.6 cm³/mol. The monoisotopic (exact) mass is 157 g/mol. The SMILES string of the molecule is C#C[C@@H]([C@H](C)O)[C@H](N)C(=O)O. The van der Waals surface area contributed by atoms with Gasteiger partial charge in [0.25, 0.3) is 0 Å². The molecule has 0 aliphatic heterocycles. The first-order chi connectivity index (χ1) is 5.00. The lowest BCUT2D eigenvalue weighted by atomic mass is 9.96. The zero-order valence-corrected chi connectivity index (χ0v) is 6.19. The molecular weight excluding hydrogens is 146 g/mol. The summed E-state index contributed by atoms with van der Waals surface area (Å²) in [7, 11) is 0. The van der Waals surface area contributed by atoms with Gasteiger partial charge in [-0.05, 0) is 6.92 Å². The highest BCUT2D eigenvalue weighted by atomic mass is 16.4. The molecule has 0 unspecified atom stereocenters. The van der Waals surface area contributed by atoms with Crippen LogP contribution in [-0.4, -0.2) is 28.3 Å². The van der Waals surface area contributed by atoms with Gasteiger partial charge in [0.15, 0.2) is 0 Å². The third kappa shape index (κ3) is 2.58. The second-order valence-electron chi connectivity index (χ2n) is 2.30. The Morgan fingerprint density at radius 3 is 2.27 bits per heavy atom. The highest BCUT2D eigenvalue weighted by molar-refractivity contribution is 5.74. The van der Waals surface area contributed by atoms with E-state index in [4.69, 9.17) is 22.4 Å². The Bertz CT molecular complexity index is 183. The molecule has 0 aromatic carbocycles. The Morgan fingerprint density at radius 2 is 2.18 bits per heavy atom. The topological polar surface area (TPSA) is 83.5 Å². The van der Waals surface area contributed by atoms with Gasteiger partial charge in [0.2, 0.25) is 0 Å². The maximum absolute atomic E-state index is 10.3. The van der Waals surface area contributed by atoms with E-state index in [0.717, 1.165) is 0 Å². The van der Waals surface area contributed by atoms with Gasteiger partial charge in [-0.1, -0.05) is 5.92 Å². The molecule has 0 heterocycles. The molecular formula is C7H11NO3. The molecule has 0 aromatic rings. The predicted octanol–water partition coefficient (Wildman–Crippen LogP) is -0.971. The van der Waals surface area contributed by atoms with E-state index in [-0.39, 0.29) is 0 Å². The minimum atomic E-state index is -1.20. The summed E-state index contributed by atoms with van der Waals surface area (Å²) in [5, 5.41) is 17.3. The van der Waals surface area contributed by atoms with E-state index in [1.807, 2.05) is 0 Å². The van der Waals surface area contributed by atoms with Crippen LogP contribution in [0.2, 0.25) is 0 Å². The molecule has 4 heteroatoms. The van der Waals surface area contributed by atoms with Gasteiger partial charge >= 0.3 is 5.97 Å². The first-order valence-corrected chi connectivity index (χ1v) is 3.13. The lowest BCUT2D eigenvalue weighted by Gasteiger charge is -2.17. The van der Waals surface area contributed by atoms with Crippen molar-refractivity contribution in [3.8, 4) is 12.3 Å². The molecule has 0 saturated heterocycles. The van der Waals surface area contributed by atoms with Gasteiger partial charge < -0.3 is 15.9 Å². The summed E-state index contributed by atoms with van der Waals surface area (Å²) in [6, 6.07) is -1.19. The molecule has 0 fully saturated rings. The third-order valence-corrected chi connectivity index (χ3v) is 1.38. The molecule has 0 bridgehead atoms. The largest absolute Gasteiger partial charge is 0.480 e. The Morgan fingerprint density at radius 1 is 1.73 bits per heavy atom. The Kier molecular flexibility index (Phi) is 3.58. The van der Waals surface area contributed by atoms with Gasteiger partial charge in [-0.25, -0.2) is 0 Å². The molecule has 11 heavy (non-hydrogen) atoms. The van der Waals surface area contributed by atoms with Crippen molar-refractivity contribution in [1.29, 1.82) is 0 Å². The van der Waals surface area contributed by atoms with E-state index in [1.54, 1.807) is 0 Å². The van der Waals surface area contributed by atoms with Crippen LogP contribution in [-0.2, 0) is 4.79 Å². The van der Waals surface area contributed by atoms with Crippen LogP contribution in [0.1, 0.15) is 6.92 Å². The van der Waals surface area contributed by atoms with Crippen molar-refractivity contribution in [3.63, 3.8) is 0 Å². The van der Waals surface area contributed by atoms with Gasteiger partial charge in [-0.2, -0.15) is 0 Å². The van der Waals surface area contributed by atoms with Crippen LogP contribution in [0.25, 0.3) is 0 Å². The molecule has 62 valence electrons. The number of carboxylic acids is 1. The summed E-state index contributed by atoms with van der Waals surface area (Å²) in [4.78, 5) is 10.3. The van der Waals surface area contributed by atoms with Crippen molar-refractivity contribution >= 4 is 5.97 Å². The smallest absolute Gasteiger partial charge is 0.321 e. The minimum absolute atomic E-state index is 0.826. The van der Waals surface area contributed by atoms with Gasteiger partial charge in [-0.15, -0.1) is 6.42 Å². The number of terminal acetylenes is 1. The van der Waals surface area contributed by atoms with Crippen LogP contribution < -0.4 is 5.73 Å². The molecule has 0 aliphatic carbocycles. The fraction of sp³-hybridized carbons (Fsp3) is 0.571. The van der Waals surface area contributed by atoms with E-state index < -0.39 is 24.0 Å². The van der Waals surface area contributed by atoms with Gasteiger partial charge in [0.05, 0.1) is 12.0 Å². The fourth-order valence-electron chi connectivity index (χ4n) is 0.697. The molecule has 0 spiro atoms. The van der Waals surface area contributed by atoms with E-state index in [1.165, 1.54) is 6.92 Å². The standard InChI is InChI=1S/C7H11NO3/c1-3-5(4(2)9)6(8)7(10)11/h1,4-6,9H,8H2,2H3,(H,10,11)/t4-,5-,6-/m0/s1. The zero-order chi connectivity index (χ0) is 9.02. The van der Waals surface area contributed by atoms with E-state index >= 15 is 0 Å².